The molecule has 0 aliphatic heterocycles. The smallest absolute Gasteiger partial charge is 0.251 e. The second-order valence-corrected chi connectivity index (χ2v) is 6.61. The quantitative estimate of drug-likeness (QED) is 0.677. The number of aryl methyl sites for hydroxylation is 2. The summed E-state index contributed by atoms with van der Waals surface area (Å²) >= 11 is 0. The number of ether oxygens (including phenoxy) is 1. The molecule has 2 N–H and O–H groups in total. The summed E-state index contributed by atoms with van der Waals surface area (Å²) in [4.78, 5) is 27.3. The highest BCUT2D eigenvalue weighted by atomic mass is 16.5. The average molecular weight is 364 g/mol. The summed E-state index contributed by atoms with van der Waals surface area (Å²) in [5.74, 6) is 0.769. The van der Waals surface area contributed by atoms with E-state index in [2.05, 4.69) is 10.3 Å². The maximum absolute atomic E-state index is 12.3. The SMILES string of the molecule is COc1ccc(CCNC(=O)CCc2cc3cccc(C)c3[nH]c2=O)cc1. The van der Waals surface area contributed by atoms with Gasteiger partial charge in [0.2, 0.25) is 5.91 Å². The number of carbonyl (C=O) groups excluding carboxylic acids is 1. The predicted molar refractivity (Wildman–Crippen MR) is 107 cm³/mol. The molecule has 1 amide bonds. The molecule has 0 bridgehead atoms. The van der Waals surface area contributed by atoms with Crippen molar-refractivity contribution in [1.29, 1.82) is 0 Å². The first-order valence-corrected chi connectivity index (χ1v) is 9.08. The Morgan fingerprint density at radius 1 is 1.11 bits per heavy atom. The summed E-state index contributed by atoms with van der Waals surface area (Å²) in [7, 11) is 1.64. The number of pyridine rings is 1. The first kappa shape index (κ1) is 18.7. The van der Waals surface area contributed by atoms with E-state index in [1.807, 2.05) is 55.5 Å². The highest BCUT2D eigenvalue weighted by Gasteiger charge is 2.08. The Morgan fingerprint density at radius 3 is 2.63 bits per heavy atom. The van der Waals surface area contributed by atoms with Crippen molar-refractivity contribution in [2.75, 3.05) is 13.7 Å². The second-order valence-electron chi connectivity index (χ2n) is 6.61. The van der Waals surface area contributed by atoms with Gasteiger partial charge in [0.15, 0.2) is 0 Å². The van der Waals surface area contributed by atoms with E-state index in [9.17, 15) is 9.59 Å². The van der Waals surface area contributed by atoms with Crippen LogP contribution in [0.3, 0.4) is 0 Å². The van der Waals surface area contributed by atoms with Gasteiger partial charge in [0, 0.05) is 18.5 Å². The van der Waals surface area contributed by atoms with E-state index < -0.39 is 0 Å². The summed E-state index contributed by atoms with van der Waals surface area (Å²) < 4.78 is 5.13. The largest absolute Gasteiger partial charge is 0.497 e. The molecule has 27 heavy (non-hydrogen) atoms. The fraction of sp³-hybridized carbons (Fsp3) is 0.273. The van der Waals surface area contributed by atoms with Crippen LogP contribution in [0, 0.1) is 6.92 Å². The van der Waals surface area contributed by atoms with E-state index in [1.165, 1.54) is 0 Å². The summed E-state index contributed by atoms with van der Waals surface area (Å²) in [6.45, 7) is 2.53. The van der Waals surface area contributed by atoms with Crippen LogP contribution in [0.5, 0.6) is 5.75 Å². The molecule has 2 aromatic carbocycles. The molecular weight excluding hydrogens is 340 g/mol. The van der Waals surface area contributed by atoms with Crippen molar-refractivity contribution < 1.29 is 9.53 Å². The van der Waals surface area contributed by atoms with Gasteiger partial charge in [0.1, 0.15) is 5.75 Å². The molecule has 3 rings (SSSR count). The van der Waals surface area contributed by atoms with Gasteiger partial charge < -0.3 is 15.0 Å². The normalized spacial score (nSPS) is 10.7. The van der Waals surface area contributed by atoms with Crippen molar-refractivity contribution in [1.82, 2.24) is 10.3 Å². The van der Waals surface area contributed by atoms with Gasteiger partial charge >= 0.3 is 0 Å². The van der Waals surface area contributed by atoms with Gasteiger partial charge in [0.05, 0.1) is 12.6 Å². The number of amides is 1. The third-order valence-corrected chi connectivity index (χ3v) is 4.68. The lowest BCUT2D eigenvalue weighted by atomic mass is 10.1. The number of para-hydroxylation sites is 1. The van der Waals surface area contributed by atoms with Crippen LogP contribution >= 0.6 is 0 Å². The Labute approximate surface area is 158 Å². The Hall–Kier alpha value is -3.08. The van der Waals surface area contributed by atoms with Crippen LogP contribution < -0.4 is 15.6 Å². The van der Waals surface area contributed by atoms with Crippen LogP contribution in [0.2, 0.25) is 0 Å². The van der Waals surface area contributed by atoms with Gasteiger partial charge in [-0.2, -0.15) is 0 Å². The summed E-state index contributed by atoms with van der Waals surface area (Å²) in [6, 6.07) is 15.6. The molecule has 0 saturated carbocycles. The van der Waals surface area contributed by atoms with Crippen LogP contribution in [0.4, 0.5) is 0 Å². The lowest BCUT2D eigenvalue weighted by Gasteiger charge is -2.07. The van der Waals surface area contributed by atoms with Crippen LogP contribution in [-0.4, -0.2) is 24.5 Å². The number of H-pyrrole nitrogens is 1. The maximum atomic E-state index is 12.3. The van der Waals surface area contributed by atoms with Gasteiger partial charge in [-0.15, -0.1) is 0 Å². The Morgan fingerprint density at radius 2 is 1.89 bits per heavy atom. The number of hydrogen-bond acceptors (Lipinski definition) is 3. The van der Waals surface area contributed by atoms with Crippen LogP contribution in [-0.2, 0) is 17.6 Å². The third kappa shape index (κ3) is 4.76. The fourth-order valence-electron chi connectivity index (χ4n) is 3.09. The topological polar surface area (TPSA) is 71.2 Å². The molecular formula is C22H24N2O3. The van der Waals surface area contributed by atoms with Crippen molar-refractivity contribution in [3.05, 3.63) is 75.6 Å². The van der Waals surface area contributed by atoms with Gasteiger partial charge in [0.25, 0.3) is 5.56 Å². The Kier molecular flexibility index (Phi) is 5.91. The van der Waals surface area contributed by atoms with Crippen LogP contribution in [0.25, 0.3) is 10.9 Å². The molecule has 0 radical (unpaired) electrons. The number of methoxy groups -OCH3 is 1. The number of rotatable bonds is 7. The standard InChI is InChI=1S/C22H24N2O3/c1-15-4-3-5-17-14-18(22(26)24-21(15)17)8-11-20(25)23-13-12-16-6-9-19(27-2)10-7-16/h3-7,9-10,14H,8,11-13H2,1-2H3,(H,23,25)(H,24,26). The minimum Gasteiger partial charge on any atom is -0.497 e. The minimum absolute atomic E-state index is 0.0488. The van der Waals surface area contributed by atoms with E-state index in [1.54, 1.807) is 7.11 Å². The monoisotopic (exact) mass is 364 g/mol. The first-order chi connectivity index (χ1) is 13.1. The van der Waals surface area contributed by atoms with E-state index in [-0.39, 0.29) is 11.5 Å². The minimum atomic E-state index is -0.122. The molecule has 1 heterocycles. The number of hydrogen-bond donors (Lipinski definition) is 2. The van der Waals surface area contributed by atoms with E-state index in [0.29, 0.717) is 24.9 Å². The lowest BCUT2D eigenvalue weighted by Crippen LogP contribution is -2.26. The zero-order chi connectivity index (χ0) is 19.2. The molecule has 0 atom stereocenters. The number of carbonyl (C=O) groups is 1. The van der Waals surface area contributed by atoms with Gasteiger partial charge in [-0.25, -0.2) is 0 Å². The second kappa shape index (κ2) is 8.54. The molecule has 0 saturated heterocycles. The Bertz CT molecular complexity index is 991. The molecule has 0 spiro atoms. The Balaban J connectivity index is 1.52. The van der Waals surface area contributed by atoms with Gasteiger partial charge in [-0.05, 0) is 54.5 Å². The summed E-state index contributed by atoms with van der Waals surface area (Å²) in [5, 5.41) is 3.90. The third-order valence-electron chi connectivity index (χ3n) is 4.68. The molecule has 3 aromatic rings. The molecule has 0 aliphatic rings. The predicted octanol–water partition coefficient (Wildman–Crippen LogP) is 3.14. The number of aromatic nitrogens is 1. The maximum Gasteiger partial charge on any atom is 0.251 e. The van der Waals surface area contributed by atoms with Crippen molar-refractivity contribution in [3.8, 4) is 5.75 Å². The van der Waals surface area contributed by atoms with E-state index >= 15 is 0 Å². The molecule has 0 aliphatic carbocycles. The summed E-state index contributed by atoms with van der Waals surface area (Å²) in [6.07, 6.45) is 1.47. The van der Waals surface area contributed by atoms with Crippen molar-refractivity contribution in [3.63, 3.8) is 0 Å². The fourth-order valence-corrected chi connectivity index (χ4v) is 3.09. The number of nitrogens with one attached hydrogen (secondary N) is 2. The van der Waals surface area contributed by atoms with Crippen molar-refractivity contribution in [2.45, 2.75) is 26.2 Å². The van der Waals surface area contributed by atoms with E-state index in [0.717, 1.165) is 34.2 Å². The molecule has 5 nitrogen and oxygen atoms in total. The highest BCUT2D eigenvalue weighted by molar-refractivity contribution is 5.82. The summed E-state index contributed by atoms with van der Waals surface area (Å²) in [5.41, 5.74) is 3.54. The number of aromatic amines is 1. The molecule has 5 heteroatoms. The zero-order valence-electron chi connectivity index (χ0n) is 15.7. The van der Waals surface area contributed by atoms with E-state index in [4.69, 9.17) is 4.74 Å². The molecule has 0 fully saturated rings. The first-order valence-electron chi connectivity index (χ1n) is 9.08. The van der Waals surface area contributed by atoms with Crippen LogP contribution in [0.15, 0.2) is 53.3 Å². The van der Waals surface area contributed by atoms with Gasteiger partial charge in [-0.1, -0.05) is 30.3 Å². The van der Waals surface area contributed by atoms with Gasteiger partial charge in [-0.3, -0.25) is 9.59 Å². The highest BCUT2D eigenvalue weighted by Crippen LogP contribution is 2.15. The molecule has 1 aromatic heterocycles. The zero-order valence-corrected chi connectivity index (χ0v) is 15.7. The molecule has 0 unspecified atom stereocenters. The average Bonchev–Trinajstić information content (AvgIpc) is 2.68. The van der Waals surface area contributed by atoms with Crippen molar-refractivity contribution >= 4 is 16.8 Å². The number of fused-ring (bicyclic) bond motifs is 1. The van der Waals surface area contributed by atoms with Crippen LogP contribution in [0.1, 0.15) is 23.1 Å². The molecule has 140 valence electrons. The number of benzene rings is 2. The lowest BCUT2D eigenvalue weighted by molar-refractivity contribution is -0.121. The van der Waals surface area contributed by atoms with Crippen molar-refractivity contribution in [2.24, 2.45) is 0 Å².